The molecule has 0 aromatic carbocycles. The van der Waals surface area contributed by atoms with E-state index >= 15 is 0 Å². The van der Waals surface area contributed by atoms with E-state index in [4.69, 9.17) is 4.74 Å². The number of hydrogen-bond acceptors (Lipinski definition) is 3. The van der Waals surface area contributed by atoms with Gasteiger partial charge in [0.2, 0.25) is 5.91 Å². The first kappa shape index (κ1) is 18.1. The van der Waals surface area contributed by atoms with Gasteiger partial charge in [0.25, 0.3) is 0 Å². The molecule has 2 atom stereocenters. The van der Waals surface area contributed by atoms with Crippen molar-refractivity contribution in [1.29, 1.82) is 0 Å². The van der Waals surface area contributed by atoms with Crippen molar-refractivity contribution in [3.8, 4) is 0 Å². The summed E-state index contributed by atoms with van der Waals surface area (Å²) in [6.45, 7) is 7.57. The van der Waals surface area contributed by atoms with E-state index in [0.29, 0.717) is 6.42 Å². The van der Waals surface area contributed by atoms with Crippen molar-refractivity contribution in [2.24, 2.45) is 5.92 Å². The molecule has 0 aromatic rings. The number of ether oxygens (including phenoxy) is 1. The van der Waals surface area contributed by atoms with Gasteiger partial charge in [-0.1, -0.05) is 32.6 Å². The summed E-state index contributed by atoms with van der Waals surface area (Å²) in [5, 5.41) is 6.12. The molecule has 2 fully saturated rings. The maximum Gasteiger partial charge on any atom is 0.408 e. The maximum absolute atomic E-state index is 13.0. The van der Waals surface area contributed by atoms with E-state index in [1.54, 1.807) is 0 Å². The Bertz CT molecular complexity index is 438. The molecular formula is C18H32N2O3. The van der Waals surface area contributed by atoms with Gasteiger partial charge in [0.05, 0.1) is 0 Å². The zero-order chi connectivity index (χ0) is 17.1. The normalized spacial score (nSPS) is 29.1. The van der Waals surface area contributed by atoms with Gasteiger partial charge >= 0.3 is 6.09 Å². The Morgan fingerprint density at radius 1 is 1.04 bits per heavy atom. The van der Waals surface area contributed by atoms with Gasteiger partial charge in [-0.15, -0.1) is 0 Å². The van der Waals surface area contributed by atoms with E-state index < -0.39 is 17.2 Å². The number of alkyl carbamates (subject to hydrolysis) is 1. The van der Waals surface area contributed by atoms with E-state index in [9.17, 15) is 9.59 Å². The van der Waals surface area contributed by atoms with Crippen molar-refractivity contribution in [2.75, 3.05) is 0 Å². The van der Waals surface area contributed by atoms with Crippen LogP contribution in [0.5, 0.6) is 0 Å². The molecule has 2 amide bonds. The highest BCUT2D eigenvalue weighted by molar-refractivity contribution is 5.90. The van der Waals surface area contributed by atoms with E-state index in [1.165, 1.54) is 12.8 Å². The average molecular weight is 324 g/mol. The van der Waals surface area contributed by atoms with Gasteiger partial charge in [-0.2, -0.15) is 0 Å². The number of nitrogens with one attached hydrogen (secondary N) is 2. The van der Waals surface area contributed by atoms with Gasteiger partial charge in [0.15, 0.2) is 0 Å². The van der Waals surface area contributed by atoms with Crippen LogP contribution >= 0.6 is 0 Å². The molecule has 2 rings (SSSR count). The number of carbonyl (C=O) groups is 2. The van der Waals surface area contributed by atoms with Crippen molar-refractivity contribution in [3.05, 3.63) is 0 Å². The fourth-order valence-electron chi connectivity index (χ4n) is 3.80. The topological polar surface area (TPSA) is 67.4 Å². The van der Waals surface area contributed by atoms with Crippen LogP contribution in [-0.2, 0) is 9.53 Å². The highest BCUT2D eigenvalue weighted by atomic mass is 16.6. The summed E-state index contributed by atoms with van der Waals surface area (Å²) in [4.78, 5) is 25.3. The van der Waals surface area contributed by atoms with E-state index in [2.05, 4.69) is 17.6 Å². The van der Waals surface area contributed by atoms with E-state index in [-0.39, 0.29) is 17.9 Å². The monoisotopic (exact) mass is 324 g/mol. The van der Waals surface area contributed by atoms with Crippen LogP contribution in [0.25, 0.3) is 0 Å². The summed E-state index contributed by atoms with van der Waals surface area (Å²) >= 11 is 0. The first-order valence-corrected chi connectivity index (χ1v) is 9.05. The van der Waals surface area contributed by atoms with Crippen LogP contribution in [0.15, 0.2) is 0 Å². The molecule has 2 N–H and O–H groups in total. The molecule has 0 unspecified atom stereocenters. The minimum Gasteiger partial charge on any atom is -0.444 e. The van der Waals surface area contributed by atoms with Crippen LogP contribution in [-0.4, -0.2) is 29.2 Å². The third-order valence-electron chi connectivity index (χ3n) is 5.12. The lowest BCUT2D eigenvalue weighted by Crippen LogP contribution is -2.64. The lowest BCUT2D eigenvalue weighted by molar-refractivity contribution is -0.132. The quantitative estimate of drug-likeness (QED) is 0.834. The Hall–Kier alpha value is -1.26. The maximum atomic E-state index is 13.0. The Kier molecular flexibility index (Phi) is 5.58. The SMILES string of the molecule is C[C@H]1CCCC[C@]1(NC(=O)OC(C)(C)C)C(=O)NC1CCCC1. The Morgan fingerprint density at radius 2 is 1.65 bits per heavy atom. The van der Waals surface area contributed by atoms with Gasteiger partial charge in [-0.05, 0) is 52.4 Å². The van der Waals surface area contributed by atoms with Crippen molar-refractivity contribution in [3.63, 3.8) is 0 Å². The van der Waals surface area contributed by atoms with Crippen LogP contribution in [0.3, 0.4) is 0 Å². The Labute approximate surface area is 139 Å². The zero-order valence-corrected chi connectivity index (χ0v) is 15.0. The first-order valence-electron chi connectivity index (χ1n) is 9.05. The zero-order valence-electron chi connectivity index (χ0n) is 15.0. The second-order valence-corrected chi connectivity index (χ2v) is 8.20. The summed E-state index contributed by atoms with van der Waals surface area (Å²) in [5.41, 5.74) is -1.39. The summed E-state index contributed by atoms with van der Waals surface area (Å²) in [7, 11) is 0. The van der Waals surface area contributed by atoms with Crippen molar-refractivity contribution in [2.45, 2.75) is 96.2 Å². The predicted octanol–water partition coefficient (Wildman–Crippen LogP) is 3.52. The van der Waals surface area contributed by atoms with Crippen LogP contribution < -0.4 is 10.6 Å². The molecule has 0 bridgehead atoms. The molecule has 2 aliphatic carbocycles. The molecule has 0 spiro atoms. The van der Waals surface area contributed by atoms with Crippen molar-refractivity contribution in [1.82, 2.24) is 10.6 Å². The standard InChI is InChI=1S/C18H32N2O3/c1-13-9-7-8-12-18(13,20-16(22)23-17(2,3)4)15(21)19-14-10-5-6-11-14/h13-14H,5-12H2,1-4H3,(H,19,21)(H,20,22)/t13-,18+/m0/s1. The number of amides is 2. The van der Waals surface area contributed by atoms with Crippen LogP contribution in [0.4, 0.5) is 4.79 Å². The molecular weight excluding hydrogens is 292 g/mol. The predicted molar refractivity (Wildman–Crippen MR) is 90.1 cm³/mol. The lowest BCUT2D eigenvalue weighted by atomic mass is 9.73. The molecule has 2 saturated carbocycles. The van der Waals surface area contributed by atoms with Crippen LogP contribution in [0.1, 0.15) is 79.1 Å². The van der Waals surface area contributed by atoms with Gasteiger partial charge < -0.3 is 15.4 Å². The summed E-state index contributed by atoms with van der Waals surface area (Å²) in [5.74, 6) is 0.0904. The fraction of sp³-hybridized carbons (Fsp3) is 0.889. The number of hydrogen-bond donors (Lipinski definition) is 2. The third-order valence-corrected chi connectivity index (χ3v) is 5.12. The largest absolute Gasteiger partial charge is 0.444 e. The van der Waals surface area contributed by atoms with E-state index in [1.807, 2.05) is 20.8 Å². The van der Waals surface area contributed by atoms with Crippen molar-refractivity contribution >= 4 is 12.0 Å². The molecule has 23 heavy (non-hydrogen) atoms. The Balaban J connectivity index is 2.11. The smallest absolute Gasteiger partial charge is 0.408 e. The van der Waals surface area contributed by atoms with Crippen LogP contribution in [0, 0.1) is 5.92 Å². The molecule has 132 valence electrons. The molecule has 0 heterocycles. The van der Waals surface area contributed by atoms with Crippen LogP contribution in [0.2, 0.25) is 0 Å². The van der Waals surface area contributed by atoms with Gasteiger partial charge in [-0.25, -0.2) is 4.79 Å². The van der Waals surface area contributed by atoms with E-state index in [0.717, 1.165) is 32.1 Å². The van der Waals surface area contributed by atoms with Gasteiger partial charge in [0, 0.05) is 6.04 Å². The summed E-state index contributed by atoms with van der Waals surface area (Å²) in [6.07, 6.45) is 7.65. The Morgan fingerprint density at radius 3 is 2.22 bits per heavy atom. The second kappa shape index (κ2) is 7.10. The molecule has 0 saturated heterocycles. The molecule has 0 radical (unpaired) electrons. The van der Waals surface area contributed by atoms with Gasteiger partial charge in [0.1, 0.15) is 11.1 Å². The second-order valence-electron chi connectivity index (χ2n) is 8.20. The van der Waals surface area contributed by atoms with Gasteiger partial charge in [-0.3, -0.25) is 4.79 Å². The third kappa shape index (κ3) is 4.61. The lowest BCUT2D eigenvalue weighted by Gasteiger charge is -2.42. The minimum absolute atomic E-state index is 0.0255. The molecule has 2 aliphatic rings. The number of rotatable bonds is 3. The highest BCUT2D eigenvalue weighted by Gasteiger charge is 2.47. The minimum atomic E-state index is -0.830. The molecule has 0 aromatic heterocycles. The summed E-state index contributed by atoms with van der Waals surface area (Å²) < 4.78 is 5.40. The van der Waals surface area contributed by atoms with Crippen molar-refractivity contribution < 1.29 is 14.3 Å². The first-order chi connectivity index (χ1) is 10.7. The molecule has 0 aliphatic heterocycles. The number of carbonyl (C=O) groups excluding carboxylic acids is 2. The molecule has 5 nitrogen and oxygen atoms in total. The molecule has 5 heteroatoms. The fourth-order valence-corrected chi connectivity index (χ4v) is 3.80. The highest BCUT2D eigenvalue weighted by Crippen LogP contribution is 2.35. The summed E-state index contributed by atoms with van der Waals surface area (Å²) in [6, 6.07) is 0.258. The average Bonchev–Trinajstić information content (AvgIpc) is 2.92.